The van der Waals surface area contributed by atoms with E-state index in [9.17, 15) is 19.2 Å². The normalized spacial score (nSPS) is 11.9. The molecule has 38 heavy (non-hydrogen) atoms. The smallest absolute Gasteiger partial charge is 0.408 e. The predicted molar refractivity (Wildman–Crippen MR) is 138 cm³/mol. The van der Waals surface area contributed by atoms with Gasteiger partial charge in [-0.15, -0.1) is 0 Å². The molecule has 0 saturated heterocycles. The van der Waals surface area contributed by atoms with Crippen LogP contribution < -0.4 is 10.6 Å². The number of hydrogen-bond acceptors (Lipinski definition) is 7. The van der Waals surface area contributed by atoms with Crippen LogP contribution in [-0.2, 0) is 48.2 Å². The van der Waals surface area contributed by atoms with E-state index in [1.165, 1.54) is 7.11 Å². The molecule has 9 nitrogen and oxygen atoms in total. The van der Waals surface area contributed by atoms with Gasteiger partial charge in [-0.1, -0.05) is 91.0 Å². The average Bonchev–Trinajstić information content (AvgIpc) is 2.95. The van der Waals surface area contributed by atoms with Crippen LogP contribution in [0.1, 0.15) is 23.1 Å². The summed E-state index contributed by atoms with van der Waals surface area (Å²) in [6, 6.07) is 24.7. The zero-order valence-corrected chi connectivity index (χ0v) is 21.0. The van der Waals surface area contributed by atoms with Gasteiger partial charge in [-0.25, -0.2) is 9.59 Å². The van der Waals surface area contributed by atoms with E-state index in [-0.39, 0.29) is 19.6 Å². The highest BCUT2D eigenvalue weighted by atomic mass is 16.6. The predicted octanol–water partition coefficient (Wildman–Crippen LogP) is 3.32. The zero-order valence-electron chi connectivity index (χ0n) is 21.0. The van der Waals surface area contributed by atoms with E-state index in [2.05, 4.69) is 10.6 Å². The summed E-state index contributed by atoms with van der Waals surface area (Å²) in [5, 5.41) is 5.00. The molecule has 2 N–H and O–H groups in total. The van der Waals surface area contributed by atoms with E-state index in [1.807, 2.05) is 30.3 Å². The van der Waals surface area contributed by atoms with Gasteiger partial charge < -0.3 is 24.8 Å². The lowest BCUT2D eigenvalue weighted by Crippen LogP contribution is -2.53. The van der Waals surface area contributed by atoms with Crippen LogP contribution in [0.25, 0.3) is 0 Å². The minimum Gasteiger partial charge on any atom is -0.467 e. The minimum atomic E-state index is -1.36. The SMILES string of the molecule is COC(=O)[C@H](Cc1ccccc1)NC(=O)[C@@H](CC(=O)OCc1ccccc1)NC(=O)OCc1ccccc1. The maximum absolute atomic E-state index is 13.2. The molecular formula is C29H30N2O7. The number of alkyl carbamates (subject to hydrolysis) is 1. The summed E-state index contributed by atoms with van der Waals surface area (Å²) in [4.78, 5) is 50.7. The largest absolute Gasteiger partial charge is 0.467 e. The van der Waals surface area contributed by atoms with Gasteiger partial charge in [0.25, 0.3) is 0 Å². The maximum atomic E-state index is 13.2. The second-order valence-electron chi connectivity index (χ2n) is 8.38. The molecule has 0 aliphatic heterocycles. The maximum Gasteiger partial charge on any atom is 0.408 e. The summed E-state index contributed by atoms with van der Waals surface area (Å²) < 4.78 is 15.3. The number of amides is 2. The molecule has 0 aromatic heterocycles. The Morgan fingerprint density at radius 2 is 1.16 bits per heavy atom. The first-order valence-corrected chi connectivity index (χ1v) is 12.0. The van der Waals surface area contributed by atoms with Gasteiger partial charge in [0.05, 0.1) is 13.5 Å². The van der Waals surface area contributed by atoms with Crippen LogP contribution in [0.5, 0.6) is 0 Å². The molecule has 2 amide bonds. The number of esters is 2. The minimum absolute atomic E-state index is 0.00522. The number of nitrogens with one attached hydrogen (secondary N) is 2. The number of carbonyl (C=O) groups is 4. The van der Waals surface area contributed by atoms with Crippen molar-refractivity contribution in [3.8, 4) is 0 Å². The van der Waals surface area contributed by atoms with Crippen molar-refractivity contribution in [3.05, 3.63) is 108 Å². The van der Waals surface area contributed by atoms with Gasteiger partial charge in [0.2, 0.25) is 5.91 Å². The molecule has 3 rings (SSSR count). The Morgan fingerprint density at radius 1 is 0.658 bits per heavy atom. The average molecular weight is 519 g/mol. The Bertz CT molecular complexity index is 1130. The first-order valence-electron chi connectivity index (χ1n) is 12.0. The van der Waals surface area contributed by atoms with Crippen molar-refractivity contribution >= 4 is 23.9 Å². The lowest BCUT2D eigenvalue weighted by molar-refractivity contribution is -0.147. The number of benzene rings is 3. The number of hydrogen-bond donors (Lipinski definition) is 2. The van der Waals surface area contributed by atoms with Crippen molar-refractivity contribution in [3.63, 3.8) is 0 Å². The molecule has 198 valence electrons. The highest BCUT2D eigenvalue weighted by Crippen LogP contribution is 2.08. The topological polar surface area (TPSA) is 120 Å². The third kappa shape index (κ3) is 9.42. The van der Waals surface area contributed by atoms with Gasteiger partial charge in [0.1, 0.15) is 25.3 Å². The summed E-state index contributed by atoms with van der Waals surface area (Å²) in [6.07, 6.45) is -1.22. The Kier molecular flexibility index (Phi) is 10.9. The summed E-state index contributed by atoms with van der Waals surface area (Å²) in [5.74, 6) is -2.14. The van der Waals surface area contributed by atoms with Crippen molar-refractivity contribution in [2.24, 2.45) is 0 Å². The van der Waals surface area contributed by atoms with E-state index < -0.39 is 42.4 Å². The van der Waals surface area contributed by atoms with Gasteiger partial charge in [0.15, 0.2) is 0 Å². The van der Waals surface area contributed by atoms with Gasteiger partial charge in [-0.2, -0.15) is 0 Å². The Morgan fingerprint density at radius 3 is 1.68 bits per heavy atom. The fraction of sp³-hybridized carbons (Fsp3) is 0.241. The lowest BCUT2D eigenvalue weighted by Gasteiger charge is -2.22. The molecule has 0 unspecified atom stereocenters. The van der Waals surface area contributed by atoms with Gasteiger partial charge in [-0.3, -0.25) is 9.59 Å². The monoisotopic (exact) mass is 518 g/mol. The first-order chi connectivity index (χ1) is 18.4. The van der Waals surface area contributed by atoms with E-state index in [0.29, 0.717) is 0 Å². The molecule has 0 aliphatic carbocycles. The van der Waals surface area contributed by atoms with Crippen molar-refractivity contribution in [1.29, 1.82) is 0 Å². The zero-order chi connectivity index (χ0) is 27.2. The van der Waals surface area contributed by atoms with Crippen molar-refractivity contribution in [2.45, 2.75) is 38.1 Å². The molecule has 0 bridgehead atoms. The molecule has 0 aliphatic rings. The van der Waals surface area contributed by atoms with Crippen LogP contribution in [0.15, 0.2) is 91.0 Å². The molecule has 0 spiro atoms. The summed E-state index contributed by atoms with van der Waals surface area (Å²) in [6.45, 7) is -0.0243. The van der Waals surface area contributed by atoms with Crippen LogP contribution in [0, 0.1) is 0 Å². The molecule has 0 radical (unpaired) electrons. The van der Waals surface area contributed by atoms with Crippen molar-refractivity contribution < 1.29 is 33.4 Å². The quantitative estimate of drug-likeness (QED) is 0.279. The molecule has 0 saturated carbocycles. The summed E-state index contributed by atoms with van der Waals surface area (Å²) >= 11 is 0. The van der Waals surface area contributed by atoms with Crippen LogP contribution in [0.3, 0.4) is 0 Å². The van der Waals surface area contributed by atoms with E-state index in [1.54, 1.807) is 60.7 Å². The number of carbonyl (C=O) groups excluding carboxylic acids is 4. The Labute approximate surface area is 221 Å². The first kappa shape index (κ1) is 27.9. The van der Waals surface area contributed by atoms with Crippen LogP contribution in [-0.4, -0.2) is 43.1 Å². The van der Waals surface area contributed by atoms with Crippen LogP contribution in [0.4, 0.5) is 4.79 Å². The van der Waals surface area contributed by atoms with E-state index in [4.69, 9.17) is 14.2 Å². The molecule has 3 aromatic carbocycles. The molecular weight excluding hydrogens is 488 g/mol. The Hall–Kier alpha value is -4.66. The highest BCUT2D eigenvalue weighted by molar-refractivity contribution is 5.92. The molecule has 0 heterocycles. The molecule has 9 heteroatoms. The number of rotatable bonds is 12. The molecule has 3 aromatic rings. The third-order valence-corrected chi connectivity index (χ3v) is 5.52. The van der Waals surface area contributed by atoms with Gasteiger partial charge in [0, 0.05) is 6.42 Å². The Balaban J connectivity index is 1.67. The molecule has 0 fully saturated rings. The van der Waals surface area contributed by atoms with E-state index >= 15 is 0 Å². The summed E-state index contributed by atoms with van der Waals surface area (Å²) in [7, 11) is 1.21. The van der Waals surface area contributed by atoms with Crippen LogP contribution in [0.2, 0.25) is 0 Å². The number of methoxy groups -OCH3 is 1. The fourth-order valence-corrected chi connectivity index (χ4v) is 3.54. The third-order valence-electron chi connectivity index (χ3n) is 5.52. The van der Waals surface area contributed by atoms with Crippen molar-refractivity contribution in [2.75, 3.05) is 7.11 Å². The standard InChI is InChI=1S/C29H30N2O7/c1-36-28(34)25(17-21-11-5-2-6-12-21)30-27(33)24(18-26(32)37-19-22-13-7-3-8-14-22)31-29(35)38-20-23-15-9-4-10-16-23/h2-16,24-25H,17-20H2,1H3,(H,30,33)(H,31,35)/t24-,25+/m1/s1. The molecule has 2 atom stereocenters. The lowest BCUT2D eigenvalue weighted by atomic mass is 10.1. The van der Waals surface area contributed by atoms with Gasteiger partial charge in [-0.05, 0) is 16.7 Å². The van der Waals surface area contributed by atoms with Crippen LogP contribution >= 0.6 is 0 Å². The summed E-state index contributed by atoms with van der Waals surface area (Å²) in [5.41, 5.74) is 2.31. The second-order valence-corrected chi connectivity index (χ2v) is 8.38. The fourth-order valence-electron chi connectivity index (χ4n) is 3.54. The van der Waals surface area contributed by atoms with E-state index in [0.717, 1.165) is 16.7 Å². The second kappa shape index (κ2) is 14.8. The highest BCUT2D eigenvalue weighted by Gasteiger charge is 2.30. The van der Waals surface area contributed by atoms with Crippen molar-refractivity contribution in [1.82, 2.24) is 10.6 Å². The van der Waals surface area contributed by atoms with Gasteiger partial charge >= 0.3 is 18.0 Å². The number of ether oxygens (including phenoxy) is 3.